The molecule has 1 aliphatic rings. The number of hydrogen-bond donors (Lipinski definition) is 0. The van der Waals surface area contributed by atoms with Gasteiger partial charge in [0.05, 0.1) is 20.9 Å². The van der Waals surface area contributed by atoms with Crippen molar-refractivity contribution in [3.05, 3.63) is 98.6 Å². The number of nitrogens with zero attached hydrogens (tertiary/aromatic N) is 8. The van der Waals surface area contributed by atoms with Crippen LogP contribution in [0.4, 0.5) is 17.3 Å². The number of para-hydroxylation sites is 3. The van der Waals surface area contributed by atoms with Gasteiger partial charge in [0.15, 0.2) is 11.5 Å². The van der Waals surface area contributed by atoms with Gasteiger partial charge in [-0.15, -0.1) is 10.2 Å². The highest BCUT2D eigenvalue weighted by Crippen LogP contribution is 2.33. The highest BCUT2D eigenvalue weighted by molar-refractivity contribution is 5.93. The van der Waals surface area contributed by atoms with E-state index in [-0.39, 0.29) is 16.3 Å². The Hall–Kier alpha value is -4.97. The first kappa shape index (κ1) is 24.4. The van der Waals surface area contributed by atoms with Gasteiger partial charge in [-0.3, -0.25) is 25.1 Å². The molecule has 3 heterocycles. The summed E-state index contributed by atoms with van der Waals surface area (Å²) in [5, 5.41) is 33.0. The predicted molar refractivity (Wildman–Crippen MR) is 146 cm³/mol. The maximum Gasteiger partial charge on any atom is 0.280 e. The number of benzene rings is 3. The van der Waals surface area contributed by atoms with Crippen molar-refractivity contribution in [3.63, 3.8) is 0 Å². The molecule has 0 saturated carbocycles. The van der Waals surface area contributed by atoms with Gasteiger partial charge in [-0.2, -0.15) is 0 Å². The van der Waals surface area contributed by atoms with Crippen LogP contribution in [0.15, 0.2) is 72.8 Å². The van der Waals surface area contributed by atoms with E-state index in [0.29, 0.717) is 54.7 Å². The summed E-state index contributed by atoms with van der Waals surface area (Å²) >= 11 is 0. The van der Waals surface area contributed by atoms with Crippen molar-refractivity contribution >= 4 is 33.9 Å². The standard InChI is InChI=1S/C27H24N8O4/c36-34(37)23-12-5-1-8-19(23)18-31-14-7-15-32(17-16-31)27-28-22-11-4-2-9-20(22)25-29-30-26(33(25)27)21-10-3-6-13-24(21)35(38)39/h1-6,8-13H,7,14-18H2. The van der Waals surface area contributed by atoms with E-state index in [1.165, 1.54) is 12.1 Å². The molecule has 0 unspecified atom stereocenters. The van der Waals surface area contributed by atoms with Gasteiger partial charge in [0.1, 0.15) is 0 Å². The molecule has 1 aliphatic heterocycles. The Morgan fingerprint density at radius 1 is 0.769 bits per heavy atom. The normalized spacial score (nSPS) is 14.5. The van der Waals surface area contributed by atoms with Gasteiger partial charge in [-0.05, 0) is 24.6 Å². The van der Waals surface area contributed by atoms with Crippen LogP contribution in [0, 0.1) is 20.2 Å². The molecule has 1 fully saturated rings. The van der Waals surface area contributed by atoms with E-state index in [9.17, 15) is 20.2 Å². The summed E-state index contributed by atoms with van der Waals surface area (Å²) in [6.07, 6.45) is 0.805. The zero-order chi connectivity index (χ0) is 26.9. The summed E-state index contributed by atoms with van der Waals surface area (Å²) in [6.45, 7) is 3.18. The Labute approximate surface area is 222 Å². The molecule has 6 rings (SSSR count). The Morgan fingerprint density at radius 3 is 2.31 bits per heavy atom. The number of nitro groups is 2. The molecule has 12 heteroatoms. The van der Waals surface area contributed by atoms with Crippen LogP contribution in [0.2, 0.25) is 0 Å². The zero-order valence-corrected chi connectivity index (χ0v) is 20.9. The fourth-order valence-corrected chi connectivity index (χ4v) is 5.17. The summed E-state index contributed by atoms with van der Waals surface area (Å²) < 4.78 is 1.81. The molecular weight excluding hydrogens is 500 g/mol. The smallest absolute Gasteiger partial charge is 0.280 e. The lowest BCUT2D eigenvalue weighted by atomic mass is 10.1. The molecule has 12 nitrogen and oxygen atoms in total. The second-order valence-corrected chi connectivity index (χ2v) is 9.39. The average molecular weight is 525 g/mol. The molecular formula is C27H24N8O4. The number of nitro benzene ring substituents is 2. The van der Waals surface area contributed by atoms with Gasteiger partial charge < -0.3 is 4.90 Å². The molecule has 3 aromatic carbocycles. The minimum atomic E-state index is -0.420. The van der Waals surface area contributed by atoms with Crippen LogP contribution < -0.4 is 4.90 Å². The topological polar surface area (TPSA) is 136 Å². The first-order chi connectivity index (χ1) is 19.0. The van der Waals surface area contributed by atoms with Crippen molar-refractivity contribution in [2.24, 2.45) is 0 Å². The van der Waals surface area contributed by atoms with Gasteiger partial charge >= 0.3 is 0 Å². The van der Waals surface area contributed by atoms with Crippen molar-refractivity contribution in [2.45, 2.75) is 13.0 Å². The number of hydrogen-bond acceptors (Lipinski definition) is 9. The molecule has 2 aromatic heterocycles. The van der Waals surface area contributed by atoms with Gasteiger partial charge in [-0.1, -0.05) is 42.5 Å². The Morgan fingerprint density at radius 2 is 1.49 bits per heavy atom. The first-order valence-electron chi connectivity index (χ1n) is 12.6. The van der Waals surface area contributed by atoms with Crippen LogP contribution in [0.5, 0.6) is 0 Å². The third-order valence-electron chi connectivity index (χ3n) is 7.02. The van der Waals surface area contributed by atoms with Crippen molar-refractivity contribution in [2.75, 3.05) is 31.1 Å². The molecule has 196 valence electrons. The van der Waals surface area contributed by atoms with Crippen molar-refractivity contribution in [1.29, 1.82) is 0 Å². The van der Waals surface area contributed by atoms with Crippen molar-refractivity contribution in [1.82, 2.24) is 24.5 Å². The maximum absolute atomic E-state index is 11.8. The molecule has 39 heavy (non-hydrogen) atoms. The van der Waals surface area contributed by atoms with E-state index >= 15 is 0 Å². The van der Waals surface area contributed by atoms with Crippen LogP contribution >= 0.6 is 0 Å². The largest absolute Gasteiger partial charge is 0.341 e. The van der Waals surface area contributed by atoms with Crippen LogP contribution in [0.1, 0.15) is 12.0 Å². The summed E-state index contributed by atoms with van der Waals surface area (Å²) in [4.78, 5) is 31.9. The molecule has 0 N–H and O–H groups in total. The van der Waals surface area contributed by atoms with Crippen molar-refractivity contribution in [3.8, 4) is 11.4 Å². The van der Waals surface area contributed by atoms with E-state index < -0.39 is 4.92 Å². The summed E-state index contributed by atoms with van der Waals surface area (Å²) in [7, 11) is 0. The number of aromatic nitrogens is 4. The molecule has 0 aliphatic carbocycles. The predicted octanol–water partition coefficient (Wildman–Crippen LogP) is 4.47. The second-order valence-electron chi connectivity index (χ2n) is 9.39. The van der Waals surface area contributed by atoms with E-state index in [4.69, 9.17) is 4.98 Å². The third kappa shape index (κ3) is 4.50. The quantitative estimate of drug-likeness (QED) is 0.233. The fraction of sp³-hybridized carbons (Fsp3) is 0.222. The van der Waals surface area contributed by atoms with E-state index in [1.54, 1.807) is 30.3 Å². The minimum absolute atomic E-state index is 0.0580. The summed E-state index contributed by atoms with van der Waals surface area (Å²) in [5.74, 6) is 0.959. The van der Waals surface area contributed by atoms with E-state index in [1.807, 2.05) is 34.7 Å². The minimum Gasteiger partial charge on any atom is -0.341 e. The highest BCUT2D eigenvalue weighted by Gasteiger charge is 2.26. The van der Waals surface area contributed by atoms with Gasteiger partial charge in [0.25, 0.3) is 11.4 Å². The number of rotatable bonds is 6. The highest BCUT2D eigenvalue weighted by atomic mass is 16.6. The molecule has 0 radical (unpaired) electrons. The van der Waals surface area contributed by atoms with Gasteiger partial charge in [-0.25, -0.2) is 9.38 Å². The summed E-state index contributed by atoms with van der Waals surface area (Å²) in [6, 6.07) is 21.0. The first-order valence-corrected chi connectivity index (χ1v) is 12.6. The fourth-order valence-electron chi connectivity index (χ4n) is 5.17. The monoisotopic (exact) mass is 524 g/mol. The van der Waals surface area contributed by atoms with Crippen LogP contribution in [0.3, 0.4) is 0 Å². The molecule has 0 bridgehead atoms. The lowest BCUT2D eigenvalue weighted by Crippen LogP contribution is -2.32. The lowest BCUT2D eigenvalue weighted by molar-refractivity contribution is -0.385. The summed E-state index contributed by atoms with van der Waals surface area (Å²) in [5.41, 5.74) is 2.43. The average Bonchev–Trinajstić information content (AvgIpc) is 3.27. The van der Waals surface area contributed by atoms with Gasteiger partial charge in [0, 0.05) is 55.8 Å². The molecule has 0 spiro atoms. The molecule has 0 amide bonds. The van der Waals surface area contributed by atoms with Crippen molar-refractivity contribution < 1.29 is 9.85 Å². The second kappa shape index (κ2) is 10.1. The molecule has 1 saturated heterocycles. The Balaban J connectivity index is 1.40. The zero-order valence-electron chi connectivity index (χ0n) is 20.9. The van der Waals surface area contributed by atoms with Crippen LogP contribution in [-0.4, -0.2) is 60.5 Å². The third-order valence-corrected chi connectivity index (χ3v) is 7.02. The Bertz CT molecular complexity index is 1720. The SMILES string of the molecule is O=[N+]([O-])c1ccccc1CN1CCCN(c2nc3ccccc3c3nnc(-c4ccccc4[N+](=O)[O-])n23)CC1. The maximum atomic E-state index is 11.8. The molecule has 0 atom stereocenters. The number of fused-ring (bicyclic) bond motifs is 3. The van der Waals surface area contributed by atoms with E-state index in [2.05, 4.69) is 20.0 Å². The van der Waals surface area contributed by atoms with Gasteiger partial charge in [0.2, 0.25) is 5.95 Å². The molecule has 5 aromatic rings. The lowest BCUT2D eigenvalue weighted by Gasteiger charge is -2.24. The van der Waals surface area contributed by atoms with E-state index in [0.717, 1.165) is 23.9 Å². The number of anilines is 1. The Kier molecular flexibility index (Phi) is 6.29. The van der Waals surface area contributed by atoms with Crippen LogP contribution in [0.25, 0.3) is 27.9 Å². The van der Waals surface area contributed by atoms with Crippen LogP contribution in [-0.2, 0) is 6.54 Å².